The fourth-order valence-corrected chi connectivity index (χ4v) is 2.52. The van der Waals surface area contributed by atoms with Crippen molar-refractivity contribution in [2.75, 3.05) is 6.61 Å². The van der Waals surface area contributed by atoms with Crippen LogP contribution in [-0.4, -0.2) is 6.61 Å². The molecule has 0 aromatic heterocycles. The molecule has 0 bridgehead atoms. The van der Waals surface area contributed by atoms with Crippen LogP contribution in [0.2, 0.25) is 0 Å². The lowest BCUT2D eigenvalue weighted by Crippen LogP contribution is -2.03. The van der Waals surface area contributed by atoms with Crippen LogP contribution in [0.5, 0.6) is 5.75 Å². The molecule has 90 valence electrons. The SMILES string of the molecule is CCOc1c(I)cc(C(C)C)cc1C(C)C. The predicted octanol–water partition coefficient (Wildman–Crippen LogP) is 4.94. The molecule has 1 nitrogen and oxygen atoms in total. The van der Waals surface area contributed by atoms with Crippen molar-refractivity contribution >= 4 is 22.6 Å². The lowest BCUT2D eigenvalue weighted by molar-refractivity contribution is 0.332. The molecule has 1 aromatic rings. The van der Waals surface area contributed by atoms with Gasteiger partial charge in [-0.2, -0.15) is 0 Å². The predicted molar refractivity (Wildman–Crippen MR) is 78.5 cm³/mol. The first-order valence-electron chi connectivity index (χ1n) is 5.93. The van der Waals surface area contributed by atoms with Crippen LogP contribution in [0.15, 0.2) is 12.1 Å². The van der Waals surface area contributed by atoms with Crippen LogP contribution in [-0.2, 0) is 0 Å². The fourth-order valence-electron chi connectivity index (χ4n) is 1.70. The summed E-state index contributed by atoms with van der Waals surface area (Å²) in [6.45, 7) is 11.7. The lowest BCUT2D eigenvalue weighted by atomic mass is 9.95. The Morgan fingerprint density at radius 2 is 1.75 bits per heavy atom. The summed E-state index contributed by atoms with van der Waals surface area (Å²) in [6, 6.07) is 4.53. The zero-order chi connectivity index (χ0) is 12.3. The molecule has 1 aromatic carbocycles. The fraction of sp³-hybridized carbons (Fsp3) is 0.571. The molecule has 0 unspecified atom stereocenters. The second-order valence-electron chi connectivity index (χ2n) is 4.66. The first-order valence-corrected chi connectivity index (χ1v) is 7.01. The van der Waals surface area contributed by atoms with Gasteiger partial charge in [0.05, 0.1) is 10.2 Å². The van der Waals surface area contributed by atoms with Crippen molar-refractivity contribution in [1.82, 2.24) is 0 Å². The highest BCUT2D eigenvalue weighted by Gasteiger charge is 2.14. The maximum atomic E-state index is 5.76. The molecule has 0 saturated heterocycles. The third-order valence-electron chi connectivity index (χ3n) is 2.67. The summed E-state index contributed by atoms with van der Waals surface area (Å²) in [6.07, 6.45) is 0. The van der Waals surface area contributed by atoms with Gasteiger partial charge in [0.2, 0.25) is 0 Å². The number of halogens is 1. The molecule has 0 fully saturated rings. The maximum Gasteiger partial charge on any atom is 0.136 e. The van der Waals surface area contributed by atoms with Crippen LogP contribution < -0.4 is 4.74 Å². The Bertz CT molecular complexity index is 356. The molecule has 0 N–H and O–H groups in total. The standard InChI is InChI=1S/C14H21IO/c1-6-16-14-12(10(4)5)7-11(9(2)3)8-13(14)15/h7-10H,6H2,1-5H3. The third kappa shape index (κ3) is 3.12. The van der Waals surface area contributed by atoms with Crippen molar-refractivity contribution in [3.05, 3.63) is 26.8 Å². The molecule has 0 aliphatic rings. The molecular formula is C14H21IO. The van der Waals surface area contributed by atoms with Gasteiger partial charge in [0.15, 0.2) is 0 Å². The zero-order valence-electron chi connectivity index (χ0n) is 10.8. The largest absolute Gasteiger partial charge is 0.492 e. The second kappa shape index (κ2) is 5.89. The molecule has 0 aliphatic heterocycles. The van der Waals surface area contributed by atoms with Gasteiger partial charge in [0.25, 0.3) is 0 Å². The minimum atomic E-state index is 0.508. The van der Waals surface area contributed by atoms with Crippen molar-refractivity contribution in [2.24, 2.45) is 0 Å². The molecule has 0 amide bonds. The first-order chi connectivity index (χ1) is 7.47. The molecule has 0 atom stereocenters. The van der Waals surface area contributed by atoms with E-state index in [-0.39, 0.29) is 0 Å². The van der Waals surface area contributed by atoms with Crippen molar-refractivity contribution in [1.29, 1.82) is 0 Å². The number of hydrogen-bond acceptors (Lipinski definition) is 1. The topological polar surface area (TPSA) is 9.23 Å². The lowest BCUT2D eigenvalue weighted by Gasteiger charge is -2.18. The second-order valence-corrected chi connectivity index (χ2v) is 5.83. The highest BCUT2D eigenvalue weighted by atomic mass is 127. The molecule has 2 heteroatoms. The van der Waals surface area contributed by atoms with Crippen LogP contribution in [0.1, 0.15) is 57.6 Å². The smallest absolute Gasteiger partial charge is 0.136 e. The molecule has 0 heterocycles. The Kier molecular flexibility index (Phi) is 5.09. The van der Waals surface area contributed by atoms with E-state index in [2.05, 4.69) is 62.4 Å². The van der Waals surface area contributed by atoms with Crippen LogP contribution >= 0.6 is 22.6 Å². The van der Waals surface area contributed by atoms with Gasteiger partial charge >= 0.3 is 0 Å². The van der Waals surface area contributed by atoms with Gasteiger partial charge < -0.3 is 4.74 Å². The summed E-state index contributed by atoms with van der Waals surface area (Å²) >= 11 is 2.38. The van der Waals surface area contributed by atoms with Gasteiger partial charge in [0, 0.05) is 0 Å². The summed E-state index contributed by atoms with van der Waals surface area (Å²) in [5.74, 6) is 2.15. The van der Waals surface area contributed by atoms with Crippen LogP contribution in [0.3, 0.4) is 0 Å². The summed E-state index contributed by atoms with van der Waals surface area (Å²) < 4.78 is 6.99. The Morgan fingerprint density at radius 1 is 1.12 bits per heavy atom. The van der Waals surface area contributed by atoms with Crippen LogP contribution in [0, 0.1) is 3.57 Å². The number of hydrogen-bond donors (Lipinski definition) is 0. The highest BCUT2D eigenvalue weighted by molar-refractivity contribution is 14.1. The van der Waals surface area contributed by atoms with Gasteiger partial charge in [-0.15, -0.1) is 0 Å². The van der Waals surface area contributed by atoms with E-state index in [1.807, 2.05) is 6.92 Å². The maximum absolute atomic E-state index is 5.76. The highest BCUT2D eigenvalue weighted by Crippen LogP contribution is 2.34. The Balaban J connectivity index is 3.27. The number of benzene rings is 1. The average molecular weight is 332 g/mol. The summed E-state index contributed by atoms with van der Waals surface area (Å²) in [7, 11) is 0. The molecule has 0 saturated carbocycles. The van der Waals surface area contributed by atoms with E-state index in [9.17, 15) is 0 Å². The van der Waals surface area contributed by atoms with Gasteiger partial charge in [-0.3, -0.25) is 0 Å². The number of ether oxygens (including phenoxy) is 1. The van der Waals surface area contributed by atoms with Crippen molar-refractivity contribution in [3.8, 4) is 5.75 Å². The molecule has 0 aliphatic carbocycles. The van der Waals surface area contributed by atoms with E-state index in [4.69, 9.17) is 4.74 Å². The molecule has 0 spiro atoms. The van der Waals surface area contributed by atoms with E-state index in [1.54, 1.807) is 0 Å². The van der Waals surface area contributed by atoms with Gasteiger partial charge in [0.1, 0.15) is 5.75 Å². The Labute approximate surface area is 113 Å². The van der Waals surface area contributed by atoms with Crippen molar-refractivity contribution < 1.29 is 4.74 Å². The minimum absolute atomic E-state index is 0.508. The molecule has 1 rings (SSSR count). The summed E-state index contributed by atoms with van der Waals surface area (Å²) in [5, 5.41) is 0. The average Bonchev–Trinajstić information content (AvgIpc) is 2.20. The van der Waals surface area contributed by atoms with Crippen LogP contribution in [0.4, 0.5) is 0 Å². The van der Waals surface area contributed by atoms with E-state index in [0.717, 1.165) is 12.4 Å². The van der Waals surface area contributed by atoms with E-state index < -0.39 is 0 Å². The molecule has 16 heavy (non-hydrogen) atoms. The van der Waals surface area contributed by atoms with E-state index >= 15 is 0 Å². The van der Waals surface area contributed by atoms with E-state index in [1.165, 1.54) is 14.7 Å². The van der Waals surface area contributed by atoms with Gasteiger partial charge in [-0.05, 0) is 58.5 Å². The number of rotatable bonds is 4. The zero-order valence-corrected chi connectivity index (χ0v) is 13.0. The third-order valence-corrected chi connectivity index (χ3v) is 3.47. The first kappa shape index (κ1) is 13.8. The van der Waals surface area contributed by atoms with Crippen LogP contribution in [0.25, 0.3) is 0 Å². The normalized spacial score (nSPS) is 11.2. The molecular weight excluding hydrogens is 311 g/mol. The van der Waals surface area contributed by atoms with Gasteiger partial charge in [-0.1, -0.05) is 33.8 Å². The Hall–Kier alpha value is -0.250. The molecule has 0 radical (unpaired) electrons. The van der Waals surface area contributed by atoms with Crippen molar-refractivity contribution in [2.45, 2.75) is 46.5 Å². The quantitative estimate of drug-likeness (QED) is 0.710. The summed E-state index contributed by atoms with van der Waals surface area (Å²) in [5.41, 5.74) is 2.73. The summed E-state index contributed by atoms with van der Waals surface area (Å²) in [4.78, 5) is 0. The van der Waals surface area contributed by atoms with E-state index in [0.29, 0.717) is 11.8 Å². The van der Waals surface area contributed by atoms with Gasteiger partial charge in [-0.25, -0.2) is 0 Å². The van der Waals surface area contributed by atoms with Crippen molar-refractivity contribution in [3.63, 3.8) is 0 Å². The Morgan fingerprint density at radius 3 is 2.19 bits per heavy atom. The minimum Gasteiger partial charge on any atom is -0.492 e. The monoisotopic (exact) mass is 332 g/mol.